The van der Waals surface area contributed by atoms with Gasteiger partial charge in [0.05, 0.1) is 17.6 Å². The van der Waals surface area contributed by atoms with Crippen LogP contribution in [0.1, 0.15) is 13.8 Å². The van der Waals surface area contributed by atoms with E-state index in [1.165, 1.54) is 0 Å². The fourth-order valence-corrected chi connectivity index (χ4v) is 2.32. The van der Waals surface area contributed by atoms with Crippen molar-refractivity contribution in [3.63, 3.8) is 0 Å². The molecule has 118 valence electrons. The van der Waals surface area contributed by atoms with Crippen molar-refractivity contribution in [2.45, 2.75) is 19.4 Å². The van der Waals surface area contributed by atoms with Crippen LogP contribution < -0.4 is 16.8 Å². The van der Waals surface area contributed by atoms with E-state index in [1.807, 2.05) is 38.2 Å². The van der Waals surface area contributed by atoms with E-state index in [0.29, 0.717) is 12.2 Å². The lowest BCUT2D eigenvalue weighted by Crippen LogP contribution is -2.39. The zero-order valence-corrected chi connectivity index (χ0v) is 13.2. The molecule has 0 saturated heterocycles. The van der Waals surface area contributed by atoms with Gasteiger partial charge in [0.1, 0.15) is 5.82 Å². The lowest BCUT2D eigenvalue weighted by atomic mass is 10.1. The van der Waals surface area contributed by atoms with Crippen LogP contribution in [0.2, 0.25) is 0 Å². The summed E-state index contributed by atoms with van der Waals surface area (Å²) in [6.07, 6.45) is 6.90. The number of fused-ring (bicyclic) bond motifs is 1. The van der Waals surface area contributed by atoms with Gasteiger partial charge in [0.2, 0.25) is 0 Å². The van der Waals surface area contributed by atoms with Crippen LogP contribution in [0.5, 0.6) is 0 Å². The zero-order chi connectivity index (χ0) is 16.4. The number of pyridine rings is 3. The lowest BCUT2D eigenvalue weighted by molar-refractivity contribution is 0.549. The first-order valence-corrected chi connectivity index (χ1v) is 7.41. The van der Waals surface area contributed by atoms with Crippen LogP contribution in [0.25, 0.3) is 22.0 Å². The number of anilines is 2. The molecule has 3 aromatic heterocycles. The smallest absolute Gasteiger partial charge is 0.134 e. The molecule has 23 heavy (non-hydrogen) atoms. The number of rotatable bonds is 4. The topological polar surface area (TPSA) is 103 Å². The first-order valence-electron chi connectivity index (χ1n) is 7.41. The highest BCUT2D eigenvalue weighted by atomic mass is 15.0. The third kappa shape index (κ3) is 3.37. The molecule has 0 aliphatic rings. The van der Waals surface area contributed by atoms with Crippen molar-refractivity contribution in [1.82, 2.24) is 15.0 Å². The summed E-state index contributed by atoms with van der Waals surface area (Å²) < 4.78 is 0. The van der Waals surface area contributed by atoms with Crippen LogP contribution in [0, 0.1) is 0 Å². The zero-order valence-electron chi connectivity index (χ0n) is 13.2. The highest BCUT2D eigenvalue weighted by Gasteiger charge is 2.14. The highest BCUT2D eigenvalue weighted by molar-refractivity contribution is 5.94. The van der Waals surface area contributed by atoms with Crippen LogP contribution >= 0.6 is 0 Å². The number of nitrogens with one attached hydrogen (secondary N) is 1. The van der Waals surface area contributed by atoms with E-state index < -0.39 is 0 Å². The number of nitrogens with two attached hydrogens (primary N) is 2. The van der Waals surface area contributed by atoms with E-state index in [2.05, 4.69) is 15.3 Å². The average molecular weight is 308 g/mol. The molecule has 0 bridgehead atoms. The molecular formula is C17H20N6. The van der Waals surface area contributed by atoms with E-state index in [9.17, 15) is 0 Å². The second kappa shape index (κ2) is 5.81. The molecule has 0 aliphatic heterocycles. The van der Waals surface area contributed by atoms with Gasteiger partial charge in [0.15, 0.2) is 0 Å². The number of hydrogen-bond acceptors (Lipinski definition) is 6. The summed E-state index contributed by atoms with van der Waals surface area (Å²) in [6, 6.07) is 5.77. The molecular weight excluding hydrogens is 288 g/mol. The Kier molecular flexibility index (Phi) is 3.83. The van der Waals surface area contributed by atoms with Crippen molar-refractivity contribution in [2.24, 2.45) is 5.73 Å². The molecule has 6 heteroatoms. The Balaban J connectivity index is 2.12. The Morgan fingerprint density at radius 1 is 1.13 bits per heavy atom. The van der Waals surface area contributed by atoms with Gasteiger partial charge >= 0.3 is 0 Å². The summed E-state index contributed by atoms with van der Waals surface area (Å²) >= 11 is 0. The average Bonchev–Trinajstić information content (AvgIpc) is 2.52. The summed E-state index contributed by atoms with van der Waals surface area (Å²) in [5.41, 5.74) is 14.0. The van der Waals surface area contributed by atoms with Gasteiger partial charge in [-0.25, -0.2) is 4.98 Å². The van der Waals surface area contributed by atoms with Gasteiger partial charge in [-0.05, 0) is 32.0 Å². The molecule has 6 nitrogen and oxygen atoms in total. The molecule has 0 atom stereocenters. The second-order valence-corrected chi connectivity index (χ2v) is 6.26. The predicted octanol–water partition coefficient (Wildman–Crippen LogP) is 2.42. The van der Waals surface area contributed by atoms with Crippen molar-refractivity contribution >= 4 is 22.3 Å². The van der Waals surface area contributed by atoms with Crippen LogP contribution in [0.15, 0.2) is 43.0 Å². The van der Waals surface area contributed by atoms with E-state index in [-0.39, 0.29) is 5.54 Å². The van der Waals surface area contributed by atoms with E-state index in [0.717, 1.165) is 27.8 Å². The van der Waals surface area contributed by atoms with Gasteiger partial charge in [-0.15, -0.1) is 0 Å². The maximum atomic E-state index is 6.07. The fraction of sp³-hybridized carbons (Fsp3) is 0.235. The first kappa shape index (κ1) is 15.2. The normalized spacial score (nSPS) is 11.6. The molecule has 0 aromatic carbocycles. The maximum Gasteiger partial charge on any atom is 0.134 e. The Hall–Kier alpha value is -2.73. The van der Waals surface area contributed by atoms with Gasteiger partial charge < -0.3 is 16.8 Å². The summed E-state index contributed by atoms with van der Waals surface area (Å²) in [5, 5.41) is 5.33. The largest absolute Gasteiger partial charge is 0.397 e. The Bertz CT molecular complexity index is 838. The van der Waals surface area contributed by atoms with Gasteiger partial charge in [-0.1, -0.05) is 0 Å². The van der Waals surface area contributed by atoms with Crippen LogP contribution in [0.3, 0.4) is 0 Å². The number of nitrogen functional groups attached to an aromatic ring is 1. The summed E-state index contributed by atoms with van der Waals surface area (Å²) in [7, 11) is 0. The minimum Gasteiger partial charge on any atom is -0.397 e. The molecule has 3 rings (SSSR count). The number of aromatic nitrogens is 3. The van der Waals surface area contributed by atoms with Gasteiger partial charge in [-0.3, -0.25) is 9.97 Å². The van der Waals surface area contributed by atoms with Gasteiger partial charge in [0, 0.05) is 47.0 Å². The van der Waals surface area contributed by atoms with Crippen molar-refractivity contribution < 1.29 is 0 Å². The predicted molar refractivity (Wildman–Crippen MR) is 93.9 cm³/mol. The number of hydrogen-bond donors (Lipinski definition) is 3. The number of nitrogens with zero attached hydrogens (tertiary/aromatic N) is 3. The van der Waals surface area contributed by atoms with Gasteiger partial charge in [-0.2, -0.15) is 0 Å². The third-order valence-electron chi connectivity index (χ3n) is 3.47. The molecule has 0 radical (unpaired) electrons. The molecule has 0 fully saturated rings. The van der Waals surface area contributed by atoms with Crippen molar-refractivity contribution in [3.8, 4) is 11.3 Å². The lowest BCUT2D eigenvalue weighted by Gasteiger charge is -2.20. The maximum absolute atomic E-state index is 6.07. The highest BCUT2D eigenvalue weighted by Crippen LogP contribution is 2.29. The van der Waals surface area contributed by atoms with E-state index in [1.54, 1.807) is 18.6 Å². The Morgan fingerprint density at radius 2 is 1.87 bits per heavy atom. The molecule has 0 spiro atoms. The summed E-state index contributed by atoms with van der Waals surface area (Å²) in [5.74, 6) is 0.773. The minimum atomic E-state index is -0.341. The van der Waals surface area contributed by atoms with Gasteiger partial charge in [0.25, 0.3) is 0 Å². The fourth-order valence-electron chi connectivity index (χ4n) is 2.32. The van der Waals surface area contributed by atoms with Crippen LogP contribution in [-0.4, -0.2) is 27.0 Å². The monoisotopic (exact) mass is 308 g/mol. The SMILES string of the molecule is CC(C)(N)CNc1nc(-c2ccncc2N)cc2cnccc12. The summed E-state index contributed by atoms with van der Waals surface area (Å²) in [4.78, 5) is 13.0. The standard InChI is InChI=1S/C17H20N6/c1-17(2,19)10-22-16-12-3-5-20-8-11(12)7-15(23-16)13-4-6-21-9-14(13)18/h3-9H,10,18-19H2,1-2H3,(H,22,23). The van der Waals surface area contributed by atoms with Crippen molar-refractivity contribution in [1.29, 1.82) is 0 Å². The van der Waals surface area contributed by atoms with Crippen molar-refractivity contribution in [3.05, 3.63) is 43.0 Å². The quantitative estimate of drug-likeness (QED) is 0.684. The Labute approximate surface area is 135 Å². The molecule has 0 unspecified atom stereocenters. The molecule has 3 heterocycles. The Morgan fingerprint density at radius 3 is 2.61 bits per heavy atom. The first-order chi connectivity index (χ1) is 10.9. The summed E-state index contributed by atoms with van der Waals surface area (Å²) in [6.45, 7) is 4.54. The molecule has 5 N–H and O–H groups in total. The minimum absolute atomic E-state index is 0.341. The molecule has 0 aliphatic carbocycles. The van der Waals surface area contributed by atoms with Crippen LogP contribution in [0.4, 0.5) is 11.5 Å². The second-order valence-electron chi connectivity index (χ2n) is 6.26. The van der Waals surface area contributed by atoms with E-state index >= 15 is 0 Å². The molecule has 3 aromatic rings. The van der Waals surface area contributed by atoms with Crippen LogP contribution in [-0.2, 0) is 0 Å². The molecule has 0 amide bonds. The molecule has 0 saturated carbocycles. The van der Waals surface area contributed by atoms with E-state index in [4.69, 9.17) is 16.5 Å². The van der Waals surface area contributed by atoms with Crippen molar-refractivity contribution in [2.75, 3.05) is 17.6 Å². The third-order valence-corrected chi connectivity index (χ3v) is 3.47.